The summed E-state index contributed by atoms with van der Waals surface area (Å²) in [7, 11) is 4.19. The van der Waals surface area contributed by atoms with E-state index in [1.807, 2.05) is 24.8 Å². The maximum Gasteiger partial charge on any atom is 0.245 e. The fourth-order valence-electron chi connectivity index (χ4n) is 5.60. The normalized spacial score (nSPS) is 15.0. The number of amides is 2. The lowest BCUT2D eigenvalue weighted by Gasteiger charge is -2.38. The Bertz CT molecular complexity index is 1340. The summed E-state index contributed by atoms with van der Waals surface area (Å²) in [5.74, 6) is -0.247. The number of anilines is 2. The van der Waals surface area contributed by atoms with Crippen molar-refractivity contribution >= 4 is 34.1 Å². The van der Waals surface area contributed by atoms with Crippen LogP contribution in [0.1, 0.15) is 46.0 Å². The summed E-state index contributed by atoms with van der Waals surface area (Å²) in [6, 6.07) is 17.9. The number of nitrogens with two attached hydrogens (primary N) is 1. The molecular formula is C34H49N7O2. The molecule has 3 aromatic rings. The number of benzene rings is 2. The van der Waals surface area contributed by atoms with Crippen molar-refractivity contribution in [2.75, 3.05) is 63.6 Å². The van der Waals surface area contributed by atoms with E-state index in [1.165, 1.54) is 0 Å². The van der Waals surface area contributed by atoms with E-state index in [0.717, 1.165) is 79.0 Å². The van der Waals surface area contributed by atoms with E-state index in [1.54, 1.807) is 0 Å². The molecule has 0 bridgehead atoms. The number of hydrogen-bond donors (Lipinski definition) is 3. The van der Waals surface area contributed by atoms with E-state index in [0.29, 0.717) is 25.9 Å². The minimum absolute atomic E-state index is 0.0117. The van der Waals surface area contributed by atoms with Gasteiger partial charge in [0.15, 0.2) is 0 Å². The molecule has 2 amide bonds. The molecule has 232 valence electrons. The summed E-state index contributed by atoms with van der Waals surface area (Å²) in [6.45, 7) is 8.67. The second-order valence-electron chi connectivity index (χ2n) is 11.8. The smallest absolute Gasteiger partial charge is 0.245 e. The van der Waals surface area contributed by atoms with Gasteiger partial charge in [0, 0.05) is 55.0 Å². The Morgan fingerprint density at radius 1 is 0.977 bits per heavy atom. The Morgan fingerprint density at radius 2 is 1.67 bits per heavy atom. The first kappa shape index (κ1) is 32.2. The molecule has 43 heavy (non-hydrogen) atoms. The highest BCUT2D eigenvalue weighted by molar-refractivity contribution is 5.94. The lowest BCUT2D eigenvalue weighted by molar-refractivity contribution is -0.137. The third kappa shape index (κ3) is 8.67. The summed E-state index contributed by atoms with van der Waals surface area (Å²) >= 11 is 0. The van der Waals surface area contributed by atoms with Crippen molar-refractivity contribution in [2.45, 2.75) is 58.0 Å². The number of rotatable bonds is 14. The Labute approximate surface area is 256 Å². The summed E-state index contributed by atoms with van der Waals surface area (Å²) < 4.78 is 0. The average molecular weight is 588 g/mol. The number of nitrogens with zero attached hydrogens (tertiary/aromatic N) is 4. The summed E-state index contributed by atoms with van der Waals surface area (Å²) in [6.07, 6.45) is 3.93. The van der Waals surface area contributed by atoms with Gasteiger partial charge in [-0.2, -0.15) is 0 Å². The highest BCUT2D eigenvalue weighted by Gasteiger charge is 2.29. The second-order valence-corrected chi connectivity index (χ2v) is 11.8. The van der Waals surface area contributed by atoms with Crippen LogP contribution in [-0.2, 0) is 9.59 Å². The van der Waals surface area contributed by atoms with Gasteiger partial charge in [0.05, 0.1) is 17.3 Å². The first-order valence-corrected chi connectivity index (χ1v) is 15.8. The number of hydrogen-bond acceptors (Lipinski definition) is 7. The molecule has 0 saturated carbocycles. The molecule has 1 aliphatic rings. The van der Waals surface area contributed by atoms with Crippen LogP contribution in [0.5, 0.6) is 0 Å². The van der Waals surface area contributed by atoms with Gasteiger partial charge in [-0.05, 0) is 64.2 Å². The largest absolute Gasteiger partial charge is 0.384 e. The number of piperazine rings is 1. The number of aromatic nitrogens is 1. The van der Waals surface area contributed by atoms with E-state index < -0.39 is 12.1 Å². The van der Waals surface area contributed by atoms with Crippen LogP contribution in [0.2, 0.25) is 0 Å². The predicted molar refractivity (Wildman–Crippen MR) is 177 cm³/mol. The molecule has 0 aliphatic carbocycles. The van der Waals surface area contributed by atoms with E-state index in [2.05, 4.69) is 83.1 Å². The fraction of sp³-hybridized carbons (Fsp3) is 0.500. The van der Waals surface area contributed by atoms with Crippen molar-refractivity contribution in [3.8, 4) is 11.3 Å². The first-order valence-electron chi connectivity index (χ1n) is 15.8. The highest BCUT2D eigenvalue weighted by atomic mass is 16.2. The minimum atomic E-state index is -0.572. The Morgan fingerprint density at radius 3 is 2.35 bits per heavy atom. The van der Waals surface area contributed by atoms with Gasteiger partial charge in [-0.3, -0.25) is 9.59 Å². The Kier molecular flexibility index (Phi) is 11.8. The first-order chi connectivity index (χ1) is 20.8. The molecule has 9 nitrogen and oxygen atoms in total. The molecule has 1 aliphatic heterocycles. The van der Waals surface area contributed by atoms with Gasteiger partial charge in [-0.15, -0.1) is 0 Å². The third-order valence-corrected chi connectivity index (χ3v) is 8.06. The predicted octanol–water partition coefficient (Wildman–Crippen LogP) is 4.33. The summed E-state index contributed by atoms with van der Waals surface area (Å²) in [4.78, 5) is 37.2. The van der Waals surface area contributed by atoms with E-state index in [-0.39, 0.29) is 11.8 Å². The van der Waals surface area contributed by atoms with E-state index in [4.69, 9.17) is 10.7 Å². The van der Waals surface area contributed by atoms with Crippen molar-refractivity contribution in [2.24, 2.45) is 5.73 Å². The van der Waals surface area contributed by atoms with E-state index >= 15 is 0 Å². The van der Waals surface area contributed by atoms with Crippen LogP contribution < -0.4 is 21.3 Å². The van der Waals surface area contributed by atoms with Crippen molar-refractivity contribution < 1.29 is 9.59 Å². The number of pyridine rings is 1. The van der Waals surface area contributed by atoms with Crippen LogP contribution in [0, 0.1) is 0 Å². The Balaban J connectivity index is 1.39. The monoisotopic (exact) mass is 587 g/mol. The molecule has 4 N–H and O–H groups in total. The maximum atomic E-state index is 13.3. The van der Waals surface area contributed by atoms with Gasteiger partial charge < -0.3 is 31.1 Å². The lowest BCUT2D eigenvalue weighted by Crippen LogP contribution is -2.56. The minimum Gasteiger partial charge on any atom is -0.384 e. The number of fused-ring (bicyclic) bond motifs is 1. The molecule has 9 heteroatoms. The number of nitrogens with one attached hydrogen (secondary N) is 2. The van der Waals surface area contributed by atoms with Gasteiger partial charge in [0.2, 0.25) is 11.8 Å². The molecule has 4 rings (SSSR count). The van der Waals surface area contributed by atoms with Crippen LogP contribution >= 0.6 is 0 Å². The fourth-order valence-corrected chi connectivity index (χ4v) is 5.60. The van der Waals surface area contributed by atoms with Crippen molar-refractivity contribution in [1.82, 2.24) is 20.1 Å². The van der Waals surface area contributed by atoms with Crippen molar-refractivity contribution in [3.63, 3.8) is 0 Å². The molecule has 0 spiro atoms. The standard InChI is InChI=1S/C34H49N7O2/c1-5-10-28(35)33(42)38-30(11-6-2)34(43)41-22-20-40(21-23-41)26-16-14-25(15-17-26)31-24-32(36-18-9-19-39(3)4)27-12-7-8-13-29(27)37-31/h7-8,12-17,24,28,30H,5-6,9-11,18-23,35H2,1-4H3,(H,36,37)(H,38,42). The van der Waals surface area contributed by atoms with Gasteiger partial charge >= 0.3 is 0 Å². The second kappa shape index (κ2) is 15.7. The Hall–Kier alpha value is -3.69. The van der Waals surface area contributed by atoms with Gasteiger partial charge in [-0.1, -0.05) is 57.0 Å². The quantitative estimate of drug-likeness (QED) is 0.241. The maximum absolute atomic E-state index is 13.3. The van der Waals surface area contributed by atoms with Gasteiger partial charge in [0.1, 0.15) is 6.04 Å². The molecule has 1 aromatic heterocycles. The molecule has 0 radical (unpaired) electrons. The SMILES string of the molecule is CCCC(N)C(=O)NC(CCC)C(=O)N1CCN(c2ccc(-c3cc(NCCCN(C)C)c4ccccc4n3)cc2)CC1. The number of carbonyl (C=O) groups is 2. The zero-order valence-electron chi connectivity index (χ0n) is 26.3. The molecular weight excluding hydrogens is 538 g/mol. The molecule has 1 fully saturated rings. The molecule has 2 heterocycles. The lowest BCUT2D eigenvalue weighted by atomic mass is 10.1. The molecule has 2 aromatic carbocycles. The van der Waals surface area contributed by atoms with Gasteiger partial charge in [-0.25, -0.2) is 4.98 Å². The van der Waals surface area contributed by atoms with Crippen molar-refractivity contribution in [3.05, 3.63) is 54.6 Å². The zero-order chi connectivity index (χ0) is 30.8. The number of para-hydroxylation sites is 1. The van der Waals surface area contributed by atoms with Crippen LogP contribution in [0.15, 0.2) is 54.6 Å². The zero-order valence-corrected chi connectivity index (χ0v) is 26.3. The van der Waals surface area contributed by atoms with Crippen LogP contribution in [0.25, 0.3) is 22.2 Å². The van der Waals surface area contributed by atoms with Crippen LogP contribution in [-0.4, -0.2) is 92.0 Å². The third-order valence-electron chi connectivity index (χ3n) is 8.06. The molecule has 1 saturated heterocycles. The number of carbonyl (C=O) groups excluding carboxylic acids is 2. The average Bonchev–Trinajstić information content (AvgIpc) is 3.02. The summed E-state index contributed by atoms with van der Waals surface area (Å²) in [5.41, 5.74) is 11.2. The van der Waals surface area contributed by atoms with Crippen molar-refractivity contribution in [1.29, 1.82) is 0 Å². The van der Waals surface area contributed by atoms with Crippen LogP contribution in [0.3, 0.4) is 0 Å². The molecule has 2 atom stereocenters. The summed E-state index contributed by atoms with van der Waals surface area (Å²) in [5, 5.41) is 7.68. The van der Waals surface area contributed by atoms with E-state index in [9.17, 15) is 9.59 Å². The molecule has 2 unspecified atom stereocenters. The van der Waals surface area contributed by atoms with Crippen LogP contribution in [0.4, 0.5) is 11.4 Å². The highest BCUT2D eigenvalue weighted by Crippen LogP contribution is 2.30. The van der Waals surface area contributed by atoms with Gasteiger partial charge in [0.25, 0.3) is 0 Å². The topological polar surface area (TPSA) is 107 Å².